The minimum atomic E-state index is 0.533. The maximum atomic E-state index is 6.40. The first-order valence-corrected chi connectivity index (χ1v) is 10.5. The summed E-state index contributed by atoms with van der Waals surface area (Å²) in [6.07, 6.45) is 4.89. The molecule has 0 aliphatic carbocycles. The van der Waals surface area contributed by atoms with Crippen molar-refractivity contribution in [3.8, 4) is 0 Å². The van der Waals surface area contributed by atoms with Gasteiger partial charge in [0.1, 0.15) is 12.0 Å². The molecular formula is C22H23Cl2N5. The van der Waals surface area contributed by atoms with Crippen LogP contribution in [0.2, 0.25) is 10.0 Å². The van der Waals surface area contributed by atoms with E-state index in [0.717, 1.165) is 43.9 Å². The van der Waals surface area contributed by atoms with Gasteiger partial charge in [-0.2, -0.15) is 0 Å². The molecule has 1 aromatic heterocycles. The van der Waals surface area contributed by atoms with Crippen molar-refractivity contribution >= 4 is 46.2 Å². The molecule has 0 saturated carbocycles. The van der Waals surface area contributed by atoms with Gasteiger partial charge in [-0.05, 0) is 48.9 Å². The maximum absolute atomic E-state index is 6.40. The van der Waals surface area contributed by atoms with Gasteiger partial charge in [-0.15, -0.1) is 0 Å². The van der Waals surface area contributed by atoms with Gasteiger partial charge in [0.15, 0.2) is 11.6 Å². The molecule has 0 atom stereocenters. The summed E-state index contributed by atoms with van der Waals surface area (Å²) in [7, 11) is 0. The van der Waals surface area contributed by atoms with Gasteiger partial charge in [0.25, 0.3) is 0 Å². The summed E-state index contributed by atoms with van der Waals surface area (Å²) < 4.78 is 0. The van der Waals surface area contributed by atoms with E-state index in [9.17, 15) is 0 Å². The minimum absolute atomic E-state index is 0.533. The summed E-state index contributed by atoms with van der Waals surface area (Å²) in [5, 5.41) is 4.30. The van der Waals surface area contributed by atoms with Crippen LogP contribution < -0.4 is 16.0 Å². The first-order chi connectivity index (χ1) is 14.1. The van der Waals surface area contributed by atoms with Crippen LogP contribution in [0.1, 0.15) is 18.4 Å². The number of nitrogens with two attached hydrogens (primary N) is 1. The van der Waals surface area contributed by atoms with Crippen LogP contribution in [0, 0.1) is 5.92 Å². The first kappa shape index (κ1) is 19.8. The van der Waals surface area contributed by atoms with Gasteiger partial charge in [-0.1, -0.05) is 53.5 Å². The summed E-state index contributed by atoms with van der Waals surface area (Å²) in [5.41, 5.74) is 9.07. The summed E-state index contributed by atoms with van der Waals surface area (Å²) in [6.45, 7) is 1.86. The van der Waals surface area contributed by atoms with E-state index in [1.807, 2.05) is 0 Å². The highest BCUT2D eigenvalue weighted by atomic mass is 35.5. The third-order valence-corrected chi connectivity index (χ3v) is 5.71. The molecule has 1 fully saturated rings. The van der Waals surface area contributed by atoms with Crippen molar-refractivity contribution in [2.75, 3.05) is 29.0 Å². The molecule has 2 aromatic carbocycles. The van der Waals surface area contributed by atoms with E-state index in [0.29, 0.717) is 27.5 Å². The number of hydrogen-bond donors (Lipinski definition) is 2. The average Bonchev–Trinajstić information content (AvgIpc) is 2.70. The number of nitrogen functional groups attached to an aromatic ring is 1. The van der Waals surface area contributed by atoms with E-state index in [1.165, 1.54) is 11.9 Å². The predicted octanol–water partition coefficient (Wildman–Crippen LogP) is 5.57. The molecule has 0 amide bonds. The number of rotatable bonds is 5. The lowest BCUT2D eigenvalue weighted by atomic mass is 9.90. The van der Waals surface area contributed by atoms with Gasteiger partial charge in [0.2, 0.25) is 0 Å². The fraction of sp³-hybridized carbons (Fsp3) is 0.273. The molecule has 3 aromatic rings. The van der Waals surface area contributed by atoms with Crippen LogP contribution in [0.3, 0.4) is 0 Å². The van der Waals surface area contributed by atoms with Crippen LogP contribution in [-0.4, -0.2) is 23.1 Å². The van der Waals surface area contributed by atoms with E-state index in [1.54, 1.807) is 18.2 Å². The average molecular weight is 428 g/mol. The van der Waals surface area contributed by atoms with Crippen molar-refractivity contribution in [3.63, 3.8) is 0 Å². The van der Waals surface area contributed by atoms with Crippen LogP contribution in [0.4, 0.5) is 23.0 Å². The zero-order valence-corrected chi connectivity index (χ0v) is 17.5. The van der Waals surface area contributed by atoms with Crippen molar-refractivity contribution in [3.05, 3.63) is 70.5 Å². The SMILES string of the molecule is Nc1c(Nc2cc(Cl)cc(Cl)c2)ncnc1N1CCC(Cc2ccccc2)CC1. The Kier molecular flexibility index (Phi) is 6.07. The largest absolute Gasteiger partial charge is 0.393 e. The number of aromatic nitrogens is 2. The highest BCUT2D eigenvalue weighted by Crippen LogP contribution is 2.33. The predicted molar refractivity (Wildman–Crippen MR) is 121 cm³/mol. The fourth-order valence-electron chi connectivity index (χ4n) is 3.80. The molecule has 29 heavy (non-hydrogen) atoms. The Labute approximate surface area is 180 Å². The second-order valence-electron chi connectivity index (χ2n) is 7.36. The molecule has 1 aliphatic rings. The highest BCUT2D eigenvalue weighted by molar-refractivity contribution is 6.35. The summed E-state index contributed by atoms with van der Waals surface area (Å²) in [5.74, 6) is 2.01. The van der Waals surface area contributed by atoms with Gasteiger partial charge in [-0.3, -0.25) is 0 Å². The van der Waals surface area contributed by atoms with Crippen molar-refractivity contribution in [1.82, 2.24) is 9.97 Å². The van der Waals surface area contributed by atoms with Gasteiger partial charge in [0, 0.05) is 28.8 Å². The minimum Gasteiger partial charge on any atom is -0.393 e. The molecule has 5 nitrogen and oxygen atoms in total. The molecule has 7 heteroatoms. The molecule has 0 radical (unpaired) electrons. The number of anilines is 4. The molecule has 3 N–H and O–H groups in total. The van der Waals surface area contributed by atoms with Crippen molar-refractivity contribution in [2.24, 2.45) is 5.92 Å². The van der Waals surface area contributed by atoms with Crippen LogP contribution in [0.15, 0.2) is 54.9 Å². The first-order valence-electron chi connectivity index (χ1n) is 9.71. The molecule has 0 unspecified atom stereocenters. The molecule has 0 spiro atoms. The molecule has 4 rings (SSSR count). The van der Waals surface area contributed by atoms with Crippen LogP contribution in [0.5, 0.6) is 0 Å². The quantitative estimate of drug-likeness (QED) is 0.556. The molecule has 2 heterocycles. The van der Waals surface area contributed by atoms with Gasteiger partial charge in [0.05, 0.1) is 0 Å². The van der Waals surface area contributed by atoms with Gasteiger partial charge < -0.3 is 16.0 Å². The molecule has 150 valence electrons. The number of halogens is 2. The normalized spacial score (nSPS) is 14.8. The number of hydrogen-bond acceptors (Lipinski definition) is 5. The Morgan fingerprint density at radius 1 is 1.00 bits per heavy atom. The Hall–Kier alpha value is -2.50. The second-order valence-corrected chi connectivity index (χ2v) is 8.24. The summed E-state index contributed by atoms with van der Waals surface area (Å²) >= 11 is 12.2. The Morgan fingerprint density at radius 3 is 2.38 bits per heavy atom. The Bertz CT molecular complexity index is 952. The van der Waals surface area contributed by atoms with E-state index in [4.69, 9.17) is 28.9 Å². The third kappa shape index (κ3) is 4.92. The highest BCUT2D eigenvalue weighted by Gasteiger charge is 2.23. The molecular weight excluding hydrogens is 405 g/mol. The summed E-state index contributed by atoms with van der Waals surface area (Å²) in [6, 6.07) is 15.9. The lowest BCUT2D eigenvalue weighted by molar-refractivity contribution is 0.402. The molecule has 1 saturated heterocycles. The smallest absolute Gasteiger partial charge is 0.159 e. The van der Waals surface area contributed by atoms with E-state index < -0.39 is 0 Å². The Morgan fingerprint density at radius 2 is 1.69 bits per heavy atom. The molecule has 1 aliphatic heterocycles. The lowest BCUT2D eigenvalue weighted by Gasteiger charge is -2.33. The number of nitrogens with one attached hydrogen (secondary N) is 1. The zero-order valence-electron chi connectivity index (χ0n) is 16.0. The lowest BCUT2D eigenvalue weighted by Crippen LogP contribution is -2.35. The standard InChI is InChI=1S/C22H23Cl2N5/c23-17-11-18(24)13-19(12-17)28-21-20(25)22(27-14-26-21)29-8-6-16(7-9-29)10-15-4-2-1-3-5-15/h1-5,11-14,16H,6-10,25H2,(H,26,27,28). The summed E-state index contributed by atoms with van der Waals surface area (Å²) in [4.78, 5) is 11.0. The number of nitrogens with zero attached hydrogens (tertiary/aromatic N) is 3. The van der Waals surface area contributed by atoms with Crippen molar-refractivity contribution in [1.29, 1.82) is 0 Å². The van der Waals surface area contributed by atoms with Crippen molar-refractivity contribution in [2.45, 2.75) is 19.3 Å². The van der Waals surface area contributed by atoms with Crippen LogP contribution >= 0.6 is 23.2 Å². The fourth-order valence-corrected chi connectivity index (χ4v) is 4.32. The number of piperidine rings is 1. The van der Waals surface area contributed by atoms with Gasteiger partial charge >= 0.3 is 0 Å². The maximum Gasteiger partial charge on any atom is 0.159 e. The second kappa shape index (κ2) is 8.89. The van der Waals surface area contributed by atoms with E-state index in [-0.39, 0.29) is 0 Å². The third-order valence-electron chi connectivity index (χ3n) is 5.27. The van der Waals surface area contributed by atoms with Crippen LogP contribution in [-0.2, 0) is 6.42 Å². The van der Waals surface area contributed by atoms with E-state index in [2.05, 4.69) is 50.5 Å². The topological polar surface area (TPSA) is 67.1 Å². The van der Waals surface area contributed by atoms with Gasteiger partial charge in [-0.25, -0.2) is 9.97 Å². The number of benzene rings is 2. The molecule has 0 bridgehead atoms. The monoisotopic (exact) mass is 427 g/mol. The van der Waals surface area contributed by atoms with Crippen molar-refractivity contribution < 1.29 is 0 Å². The van der Waals surface area contributed by atoms with Crippen LogP contribution in [0.25, 0.3) is 0 Å². The Balaban J connectivity index is 1.44. The zero-order chi connectivity index (χ0) is 20.2. The van der Waals surface area contributed by atoms with E-state index >= 15 is 0 Å².